The maximum absolute atomic E-state index is 13.4. The number of aromatic amines is 1. The quantitative estimate of drug-likeness (QED) is 0.291. The van der Waals surface area contributed by atoms with Crippen molar-refractivity contribution in [1.82, 2.24) is 29.3 Å². The molecule has 0 atom stereocenters. The zero-order valence-electron chi connectivity index (χ0n) is 21.4. The van der Waals surface area contributed by atoms with Gasteiger partial charge in [-0.2, -0.15) is 4.31 Å². The fourth-order valence-electron chi connectivity index (χ4n) is 4.66. The molecule has 1 saturated heterocycles. The third kappa shape index (κ3) is 4.87. The molecule has 3 N–H and O–H groups in total. The second-order valence-corrected chi connectivity index (χ2v) is 10.9. The number of fused-ring (bicyclic) bond motifs is 1. The lowest BCUT2D eigenvalue weighted by Crippen LogP contribution is -2.47. The SMILES string of the molecule is CCCc1c(C(=O)NO)c(C)c2c(=O)[nH]c(-c3cc(S(=O)(=O)N4CCN(C)CC4)ccc3OCC)nn12. The van der Waals surface area contributed by atoms with Crippen LogP contribution in [0.3, 0.4) is 0 Å². The van der Waals surface area contributed by atoms with Gasteiger partial charge in [0.2, 0.25) is 10.0 Å². The van der Waals surface area contributed by atoms with Crippen LogP contribution < -0.4 is 15.8 Å². The highest BCUT2D eigenvalue weighted by Crippen LogP contribution is 2.32. The van der Waals surface area contributed by atoms with Crippen molar-refractivity contribution in [2.45, 2.75) is 38.5 Å². The van der Waals surface area contributed by atoms with E-state index in [1.807, 2.05) is 14.0 Å². The smallest absolute Gasteiger partial charge is 0.276 e. The first kappa shape index (κ1) is 26.8. The highest BCUT2D eigenvalue weighted by Gasteiger charge is 2.29. The van der Waals surface area contributed by atoms with Gasteiger partial charge >= 0.3 is 0 Å². The largest absolute Gasteiger partial charge is 0.493 e. The molecule has 13 heteroatoms. The molecule has 0 spiro atoms. The number of hydrogen-bond acceptors (Lipinski definition) is 8. The first-order valence-electron chi connectivity index (χ1n) is 12.2. The van der Waals surface area contributed by atoms with E-state index in [0.717, 1.165) is 0 Å². The number of carbonyl (C=O) groups excluding carboxylic acids is 1. The van der Waals surface area contributed by atoms with Crippen LogP contribution in [0.4, 0.5) is 0 Å². The minimum absolute atomic E-state index is 0.0658. The van der Waals surface area contributed by atoms with Crippen LogP contribution in [0, 0.1) is 6.92 Å². The molecular weight excluding hydrogens is 500 g/mol. The predicted molar refractivity (Wildman–Crippen MR) is 137 cm³/mol. The molecule has 3 heterocycles. The fourth-order valence-corrected chi connectivity index (χ4v) is 6.11. The average molecular weight is 533 g/mol. The first-order valence-corrected chi connectivity index (χ1v) is 13.6. The Balaban J connectivity index is 1.92. The van der Waals surface area contributed by atoms with E-state index >= 15 is 0 Å². The van der Waals surface area contributed by atoms with Gasteiger partial charge in [-0.3, -0.25) is 14.8 Å². The van der Waals surface area contributed by atoms with Crippen LogP contribution >= 0.6 is 0 Å². The lowest BCUT2D eigenvalue weighted by molar-refractivity contribution is 0.0704. The lowest BCUT2D eigenvalue weighted by atomic mass is 10.1. The van der Waals surface area contributed by atoms with Gasteiger partial charge in [-0.25, -0.2) is 18.4 Å². The molecule has 2 aromatic heterocycles. The number of H-pyrrole nitrogens is 1. The summed E-state index contributed by atoms with van der Waals surface area (Å²) in [5, 5.41) is 13.9. The summed E-state index contributed by atoms with van der Waals surface area (Å²) in [5.41, 5.74) is 2.64. The number of sulfonamides is 1. The normalized spacial score (nSPS) is 15.3. The van der Waals surface area contributed by atoms with Gasteiger partial charge in [-0.05, 0) is 51.1 Å². The number of amides is 1. The van der Waals surface area contributed by atoms with Gasteiger partial charge in [0.05, 0.1) is 28.3 Å². The maximum Gasteiger partial charge on any atom is 0.276 e. The zero-order chi connectivity index (χ0) is 26.9. The third-order valence-electron chi connectivity index (χ3n) is 6.55. The second kappa shape index (κ2) is 10.6. The van der Waals surface area contributed by atoms with Crippen LogP contribution in [-0.4, -0.2) is 83.2 Å². The molecule has 37 heavy (non-hydrogen) atoms. The molecule has 200 valence electrons. The number of ether oxygens (including phenoxy) is 1. The molecule has 1 amide bonds. The van der Waals surface area contributed by atoms with E-state index < -0.39 is 21.5 Å². The Morgan fingerprint density at radius 2 is 1.92 bits per heavy atom. The molecule has 1 aromatic carbocycles. The molecule has 12 nitrogen and oxygen atoms in total. The number of aryl methyl sites for hydroxylation is 2. The highest BCUT2D eigenvalue weighted by molar-refractivity contribution is 7.89. The summed E-state index contributed by atoms with van der Waals surface area (Å²) in [6.45, 7) is 7.66. The van der Waals surface area contributed by atoms with Gasteiger partial charge in [0, 0.05) is 26.2 Å². The summed E-state index contributed by atoms with van der Waals surface area (Å²) < 4.78 is 35.4. The van der Waals surface area contributed by atoms with E-state index in [-0.39, 0.29) is 21.8 Å². The molecule has 1 aliphatic rings. The van der Waals surface area contributed by atoms with Crippen molar-refractivity contribution in [3.05, 3.63) is 45.4 Å². The Hall–Kier alpha value is -3.26. The van der Waals surface area contributed by atoms with Crippen LogP contribution in [0.5, 0.6) is 5.75 Å². The number of carbonyl (C=O) groups is 1. The number of aromatic nitrogens is 3. The third-order valence-corrected chi connectivity index (χ3v) is 8.45. The molecule has 0 radical (unpaired) electrons. The van der Waals surface area contributed by atoms with Crippen molar-refractivity contribution in [2.75, 3.05) is 39.8 Å². The topological polar surface area (TPSA) is 149 Å². The number of nitrogens with zero attached hydrogens (tertiary/aromatic N) is 4. The summed E-state index contributed by atoms with van der Waals surface area (Å²) in [4.78, 5) is 30.5. The summed E-state index contributed by atoms with van der Waals surface area (Å²) >= 11 is 0. The molecule has 0 unspecified atom stereocenters. The summed E-state index contributed by atoms with van der Waals surface area (Å²) in [6, 6.07) is 4.51. The molecule has 0 saturated carbocycles. The Morgan fingerprint density at radius 1 is 1.22 bits per heavy atom. The van der Waals surface area contributed by atoms with Crippen LogP contribution in [0.1, 0.15) is 41.9 Å². The van der Waals surface area contributed by atoms with E-state index in [4.69, 9.17) is 4.74 Å². The Kier molecular flexibility index (Phi) is 7.69. The summed E-state index contributed by atoms with van der Waals surface area (Å²) in [6.07, 6.45) is 1.08. The fraction of sp³-hybridized carbons (Fsp3) is 0.458. The first-order chi connectivity index (χ1) is 17.6. The second-order valence-electron chi connectivity index (χ2n) is 9.00. The van der Waals surface area contributed by atoms with Gasteiger partial charge in [0.15, 0.2) is 5.82 Å². The molecule has 0 aliphatic carbocycles. The number of hydrogen-bond donors (Lipinski definition) is 3. The molecule has 0 bridgehead atoms. The minimum atomic E-state index is -3.79. The number of rotatable bonds is 8. The van der Waals surface area contributed by atoms with Crippen molar-refractivity contribution in [3.63, 3.8) is 0 Å². The van der Waals surface area contributed by atoms with Crippen molar-refractivity contribution in [1.29, 1.82) is 0 Å². The minimum Gasteiger partial charge on any atom is -0.493 e. The number of hydroxylamine groups is 1. The Labute approximate surface area is 214 Å². The Morgan fingerprint density at radius 3 is 2.54 bits per heavy atom. The number of piperazine rings is 1. The van der Waals surface area contributed by atoms with E-state index in [0.29, 0.717) is 68.2 Å². The van der Waals surface area contributed by atoms with Crippen LogP contribution in [0.25, 0.3) is 16.9 Å². The van der Waals surface area contributed by atoms with Crippen molar-refractivity contribution < 1.29 is 23.2 Å². The molecule has 3 aromatic rings. The maximum atomic E-state index is 13.4. The average Bonchev–Trinajstić information content (AvgIpc) is 3.16. The van der Waals surface area contributed by atoms with Gasteiger partial charge in [0.1, 0.15) is 11.3 Å². The Bertz CT molecular complexity index is 1490. The van der Waals surface area contributed by atoms with Crippen LogP contribution in [-0.2, 0) is 16.4 Å². The monoisotopic (exact) mass is 532 g/mol. The van der Waals surface area contributed by atoms with E-state index in [1.165, 1.54) is 21.0 Å². The standard InChI is InChI=1S/C24H32N6O6S/c1-5-7-18-20(23(31)27-33)15(3)21-24(32)25-22(26-30(18)21)17-14-16(8-9-19(17)36-6-2)37(34,35)29-12-10-28(4)11-13-29/h8-9,14,33H,5-7,10-13H2,1-4H3,(H,27,31)(H,25,26,32). The summed E-state index contributed by atoms with van der Waals surface area (Å²) in [5.74, 6) is -0.279. The van der Waals surface area contributed by atoms with Crippen LogP contribution in [0.2, 0.25) is 0 Å². The highest BCUT2D eigenvalue weighted by atomic mass is 32.2. The lowest BCUT2D eigenvalue weighted by Gasteiger charge is -2.31. The van der Waals surface area contributed by atoms with Crippen molar-refractivity contribution >= 4 is 21.4 Å². The van der Waals surface area contributed by atoms with E-state index in [1.54, 1.807) is 25.4 Å². The number of likely N-dealkylation sites (N-methyl/N-ethyl adjacent to an activating group) is 1. The van der Waals surface area contributed by atoms with Crippen molar-refractivity contribution in [3.8, 4) is 17.1 Å². The molecule has 4 rings (SSSR count). The summed E-state index contributed by atoms with van der Waals surface area (Å²) in [7, 11) is -1.84. The number of benzene rings is 1. The number of nitrogens with one attached hydrogen (secondary N) is 2. The molecule has 1 aliphatic heterocycles. The predicted octanol–water partition coefficient (Wildman–Crippen LogP) is 1.40. The van der Waals surface area contributed by atoms with Gasteiger partial charge in [-0.1, -0.05) is 13.3 Å². The van der Waals surface area contributed by atoms with Crippen LogP contribution in [0.15, 0.2) is 27.9 Å². The van der Waals surface area contributed by atoms with Gasteiger partial charge in [-0.15, -0.1) is 5.10 Å². The zero-order valence-corrected chi connectivity index (χ0v) is 22.2. The van der Waals surface area contributed by atoms with E-state index in [2.05, 4.69) is 15.0 Å². The van der Waals surface area contributed by atoms with E-state index in [9.17, 15) is 23.2 Å². The molecule has 1 fully saturated rings. The molecular formula is C24H32N6O6S. The van der Waals surface area contributed by atoms with Gasteiger partial charge < -0.3 is 14.6 Å². The van der Waals surface area contributed by atoms with Gasteiger partial charge in [0.25, 0.3) is 11.5 Å². The van der Waals surface area contributed by atoms with Crippen molar-refractivity contribution in [2.24, 2.45) is 0 Å².